The largest absolute Gasteiger partial charge is 0.374 e. The van der Waals surface area contributed by atoms with Crippen LogP contribution in [0, 0.1) is 17.6 Å². The topological polar surface area (TPSA) is 73.7 Å². The molecule has 0 radical (unpaired) electrons. The number of nitriles is 1. The molecular formula is C18H11N4OS-. The molecule has 0 fully saturated rings. The van der Waals surface area contributed by atoms with Gasteiger partial charge in [-0.05, 0) is 11.8 Å². The third kappa shape index (κ3) is 2.42. The monoisotopic (exact) mass is 331 g/mol. The van der Waals surface area contributed by atoms with Gasteiger partial charge in [-0.3, -0.25) is 4.98 Å². The fourth-order valence-electron chi connectivity index (χ4n) is 2.52. The lowest BCUT2D eigenvalue weighted by Gasteiger charge is -2.12. The van der Waals surface area contributed by atoms with E-state index < -0.39 is 0 Å². The van der Waals surface area contributed by atoms with Gasteiger partial charge in [0.15, 0.2) is 11.3 Å². The molecule has 6 heteroatoms. The van der Waals surface area contributed by atoms with Gasteiger partial charge in [-0.25, -0.2) is 0 Å². The Morgan fingerprint density at radius 3 is 3.04 bits per heavy atom. The maximum atomic E-state index is 10.6. The molecule has 0 spiro atoms. The average Bonchev–Trinajstić information content (AvgIpc) is 3.28. The number of aliphatic hydroxyl groups excluding tert-OH is 1. The Morgan fingerprint density at radius 2 is 2.25 bits per heavy atom. The van der Waals surface area contributed by atoms with E-state index in [9.17, 15) is 5.11 Å². The van der Waals surface area contributed by atoms with Gasteiger partial charge >= 0.3 is 0 Å². The van der Waals surface area contributed by atoms with Crippen molar-refractivity contribution in [2.75, 3.05) is 0 Å². The summed E-state index contributed by atoms with van der Waals surface area (Å²) in [4.78, 5) is 8.58. The van der Waals surface area contributed by atoms with Crippen LogP contribution in [-0.4, -0.2) is 15.1 Å². The molecule has 4 aromatic rings. The maximum Gasteiger partial charge on any atom is 0.250 e. The van der Waals surface area contributed by atoms with Crippen LogP contribution in [0.5, 0.6) is 0 Å². The van der Waals surface area contributed by atoms with Crippen molar-refractivity contribution in [1.29, 1.82) is 5.26 Å². The zero-order valence-corrected chi connectivity index (χ0v) is 13.2. The van der Waals surface area contributed by atoms with Gasteiger partial charge in [-0.1, -0.05) is 11.6 Å². The summed E-state index contributed by atoms with van der Waals surface area (Å²) in [6.45, 7) is 0. The predicted octanol–water partition coefficient (Wildman–Crippen LogP) is 2.99. The Balaban J connectivity index is 1.71. The number of nitrogens with zero attached hydrogens (tertiary/aromatic N) is 4. The number of rotatable bonds is 3. The summed E-state index contributed by atoms with van der Waals surface area (Å²) in [6, 6.07) is 13.1. The molecule has 1 aromatic carbocycles. The Bertz CT molecular complexity index is 1050. The summed E-state index contributed by atoms with van der Waals surface area (Å²) in [6.07, 6.45) is 5.28. The number of benzene rings is 1. The molecule has 0 amide bonds. The molecule has 0 atom stereocenters. The Morgan fingerprint density at radius 1 is 1.33 bits per heavy atom. The number of fused-ring (bicyclic) bond motifs is 1. The number of hydrogen-bond donors (Lipinski definition) is 1. The predicted molar refractivity (Wildman–Crippen MR) is 89.5 cm³/mol. The van der Waals surface area contributed by atoms with Crippen LogP contribution in [0.3, 0.4) is 0 Å². The van der Waals surface area contributed by atoms with Crippen LogP contribution in [-0.2, 0) is 0 Å². The summed E-state index contributed by atoms with van der Waals surface area (Å²) >= 11 is 1.45. The molecule has 1 N–H and O–H groups in total. The number of aliphatic hydroxyl groups is 1. The van der Waals surface area contributed by atoms with Crippen LogP contribution in [0.2, 0.25) is 0 Å². The van der Waals surface area contributed by atoms with Crippen LogP contribution in [0.25, 0.3) is 21.5 Å². The summed E-state index contributed by atoms with van der Waals surface area (Å²) in [5, 5.41) is 23.1. The Hall–Kier alpha value is -3.14. The molecule has 24 heavy (non-hydrogen) atoms. The summed E-state index contributed by atoms with van der Waals surface area (Å²) in [5.74, 6) is 0. The van der Waals surface area contributed by atoms with Crippen molar-refractivity contribution in [1.82, 2.24) is 9.97 Å². The molecule has 0 saturated carbocycles. The van der Waals surface area contributed by atoms with Crippen molar-refractivity contribution in [2.24, 2.45) is 0 Å². The molecule has 4 rings (SSSR count). The molecule has 3 heterocycles. The SMILES string of the molecule is N#Cc1cc[c-]2c(cc[n+]2[C-](O)c2c[s+][c-](-c3cccnc3)n2)c1. The van der Waals surface area contributed by atoms with Gasteiger partial charge in [0.2, 0.25) is 11.2 Å². The first kappa shape index (κ1) is 14.5. The molecule has 0 unspecified atom stereocenters. The first-order chi connectivity index (χ1) is 11.8. The van der Waals surface area contributed by atoms with Gasteiger partial charge in [0.1, 0.15) is 5.38 Å². The van der Waals surface area contributed by atoms with Crippen LogP contribution >= 0.6 is 11.3 Å². The van der Waals surface area contributed by atoms with Gasteiger partial charge in [0.05, 0.1) is 17.3 Å². The molecule has 0 bridgehead atoms. The van der Waals surface area contributed by atoms with Gasteiger partial charge in [-0.15, -0.1) is 23.6 Å². The number of hydrogen-bond acceptors (Lipinski definition) is 4. The highest BCUT2D eigenvalue weighted by molar-refractivity contribution is 7.13. The minimum atomic E-state index is 0.0566. The fourth-order valence-corrected chi connectivity index (χ4v) is 3.31. The van der Waals surface area contributed by atoms with Crippen LogP contribution in [0.4, 0.5) is 0 Å². The molecule has 3 aromatic heterocycles. The van der Waals surface area contributed by atoms with Gasteiger partial charge < -0.3 is 14.7 Å². The van der Waals surface area contributed by atoms with E-state index in [1.807, 2.05) is 29.6 Å². The standard InChI is InChI=1S/C18H11N4OS/c19-9-12-3-4-16-13(8-12)5-7-22(16)18(23)15-11-24-17(21-15)14-2-1-6-20-10-14/h1-8,10-11,23H/q-1. The third-order valence-corrected chi connectivity index (χ3v) is 4.58. The minimum absolute atomic E-state index is 0.0566. The highest BCUT2D eigenvalue weighted by Gasteiger charge is 2.18. The maximum absolute atomic E-state index is 10.6. The highest BCUT2D eigenvalue weighted by Crippen LogP contribution is 2.25. The fraction of sp³-hybridized carbons (Fsp3) is 0. The first-order valence-electron chi connectivity index (χ1n) is 7.20. The van der Waals surface area contributed by atoms with E-state index in [-0.39, 0.29) is 6.23 Å². The molecule has 0 aliphatic heterocycles. The molecule has 0 aliphatic carbocycles. The lowest BCUT2D eigenvalue weighted by Crippen LogP contribution is -2.39. The second kappa shape index (κ2) is 5.81. The van der Waals surface area contributed by atoms with E-state index in [1.165, 1.54) is 11.3 Å². The van der Waals surface area contributed by atoms with Crippen molar-refractivity contribution >= 4 is 22.2 Å². The number of aromatic nitrogens is 3. The van der Waals surface area contributed by atoms with Crippen LogP contribution in [0.1, 0.15) is 11.3 Å². The van der Waals surface area contributed by atoms with Crippen molar-refractivity contribution in [2.45, 2.75) is 0 Å². The number of thiazole rings is 1. The molecule has 5 nitrogen and oxygen atoms in total. The van der Waals surface area contributed by atoms with Crippen molar-refractivity contribution in [3.63, 3.8) is 0 Å². The van der Waals surface area contributed by atoms with Gasteiger partial charge in [-0.2, -0.15) is 17.4 Å². The second-order valence-corrected chi connectivity index (χ2v) is 6.03. The van der Waals surface area contributed by atoms with Gasteiger partial charge in [0.25, 0.3) is 0 Å². The van der Waals surface area contributed by atoms with E-state index >= 15 is 0 Å². The zero-order chi connectivity index (χ0) is 16.5. The molecule has 0 aliphatic rings. The lowest BCUT2D eigenvalue weighted by molar-refractivity contribution is -0.652. The van der Waals surface area contributed by atoms with Crippen molar-refractivity contribution in [3.05, 3.63) is 77.9 Å². The Kier molecular flexibility index (Phi) is 3.50. The number of pyridine rings is 1. The van der Waals surface area contributed by atoms with E-state index in [0.717, 1.165) is 21.5 Å². The second-order valence-electron chi connectivity index (χ2n) is 5.17. The molecule has 0 saturated heterocycles. The van der Waals surface area contributed by atoms with E-state index in [2.05, 4.69) is 16.0 Å². The van der Waals surface area contributed by atoms with Crippen LogP contribution in [0.15, 0.2) is 60.4 Å². The van der Waals surface area contributed by atoms with Gasteiger partial charge in [0, 0.05) is 12.4 Å². The highest BCUT2D eigenvalue weighted by atomic mass is 32.1. The molecule has 116 valence electrons. The Labute approximate surface area is 142 Å². The van der Waals surface area contributed by atoms with E-state index in [4.69, 9.17) is 5.26 Å². The van der Waals surface area contributed by atoms with E-state index in [1.54, 1.807) is 35.3 Å². The van der Waals surface area contributed by atoms with Crippen LogP contribution < -0.4 is 4.57 Å². The average molecular weight is 331 g/mol. The summed E-state index contributed by atoms with van der Waals surface area (Å²) < 4.78 is 1.67. The van der Waals surface area contributed by atoms with Crippen molar-refractivity contribution in [3.8, 4) is 16.6 Å². The minimum Gasteiger partial charge on any atom is -0.374 e. The van der Waals surface area contributed by atoms with E-state index in [0.29, 0.717) is 11.3 Å². The normalized spacial score (nSPS) is 10.7. The molecular weight excluding hydrogens is 320 g/mol. The zero-order valence-electron chi connectivity index (χ0n) is 12.4. The first-order valence-corrected chi connectivity index (χ1v) is 8.08. The summed E-state index contributed by atoms with van der Waals surface area (Å²) in [5.41, 5.74) is 2.83. The quantitative estimate of drug-likeness (QED) is 0.356. The lowest BCUT2D eigenvalue weighted by atomic mass is 10.2. The van der Waals surface area contributed by atoms with Crippen molar-refractivity contribution < 1.29 is 9.67 Å². The third-order valence-electron chi connectivity index (χ3n) is 3.69. The smallest absolute Gasteiger partial charge is 0.250 e. The summed E-state index contributed by atoms with van der Waals surface area (Å²) in [7, 11) is 0.